The van der Waals surface area contributed by atoms with Crippen LogP contribution in [0.5, 0.6) is 0 Å². The lowest BCUT2D eigenvalue weighted by molar-refractivity contribution is -0.142. The molecular weight excluding hydrogens is 268 g/mol. The van der Waals surface area contributed by atoms with Crippen LogP contribution >= 0.6 is 0 Å². The molecule has 4 N–H and O–H groups in total. The summed E-state index contributed by atoms with van der Waals surface area (Å²) in [4.78, 5) is 23.2. The second-order valence-electron chi connectivity index (χ2n) is 6.84. The van der Waals surface area contributed by atoms with Crippen LogP contribution in [0.1, 0.15) is 40.2 Å². The first-order chi connectivity index (χ1) is 9.46. The molecule has 0 heterocycles. The van der Waals surface area contributed by atoms with E-state index in [1.165, 1.54) is 0 Å². The number of nitrogens with one attached hydrogen (secondary N) is 1. The highest BCUT2D eigenvalue weighted by Gasteiger charge is 2.30. The Morgan fingerprint density at radius 1 is 1.10 bits per heavy atom. The molecule has 1 rings (SSSR count). The van der Waals surface area contributed by atoms with E-state index in [2.05, 4.69) is 5.32 Å². The van der Waals surface area contributed by atoms with Gasteiger partial charge in [-0.1, -0.05) is 32.9 Å². The van der Waals surface area contributed by atoms with Gasteiger partial charge >= 0.3 is 5.97 Å². The molecule has 5 heteroatoms. The number of carboxylic acid groups (broad SMARTS) is 1. The number of hydrogen-bond donors (Lipinski definition) is 3. The monoisotopic (exact) mass is 292 g/mol. The molecule has 0 aliphatic carbocycles. The van der Waals surface area contributed by atoms with Crippen LogP contribution < -0.4 is 11.1 Å². The average molecular weight is 292 g/mol. The molecule has 0 saturated heterocycles. The Bertz CT molecular complexity index is 527. The summed E-state index contributed by atoms with van der Waals surface area (Å²) in [6.07, 6.45) is 0. The van der Waals surface area contributed by atoms with Crippen LogP contribution in [0.4, 0.5) is 5.69 Å². The lowest BCUT2D eigenvalue weighted by Gasteiger charge is -2.26. The van der Waals surface area contributed by atoms with Crippen molar-refractivity contribution in [2.24, 2.45) is 11.1 Å². The van der Waals surface area contributed by atoms with E-state index in [4.69, 9.17) is 5.73 Å². The zero-order valence-corrected chi connectivity index (χ0v) is 13.2. The summed E-state index contributed by atoms with van der Waals surface area (Å²) < 4.78 is 0. The molecule has 116 valence electrons. The van der Waals surface area contributed by atoms with Gasteiger partial charge in [0.1, 0.15) is 0 Å². The Morgan fingerprint density at radius 3 is 1.95 bits per heavy atom. The lowest BCUT2D eigenvalue weighted by Crippen LogP contribution is -2.45. The third-order valence-corrected chi connectivity index (χ3v) is 3.62. The van der Waals surface area contributed by atoms with Crippen LogP contribution in [0.2, 0.25) is 0 Å². The smallest absolute Gasteiger partial charge is 0.313 e. The van der Waals surface area contributed by atoms with Crippen molar-refractivity contribution in [1.29, 1.82) is 0 Å². The maximum absolute atomic E-state index is 12.0. The van der Waals surface area contributed by atoms with Gasteiger partial charge in [0, 0.05) is 5.69 Å². The van der Waals surface area contributed by atoms with Crippen LogP contribution in [0.3, 0.4) is 0 Å². The number of rotatable bonds is 4. The fraction of sp³-hybridized carbons (Fsp3) is 0.500. The molecule has 1 atom stereocenters. The van der Waals surface area contributed by atoms with Crippen LogP contribution in [-0.2, 0) is 15.0 Å². The molecule has 0 bridgehead atoms. The van der Waals surface area contributed by atoms with Crippen LogP contribution in [-0.4, -0.2) is 23.0 Å². The van der Waals surface area contributed by atoms with E-state index in [0.29, 0.717) is 11.3 Å². The van der Waals surface area contributed by atoms with Gasteiger partial charge in [-0.2, -0.15) is 0 Å². The molecule has 1 amide bonds. The highest BCUT2D eigenvalue weighted by Crippen LogP contribution is 2.25. The summed E-state index contributed by atoms with van der Waals surface area (Å²) in [5.74, 6) is -1.15. The molecule has 0 aliphatic rings. The molecule has 0 fully saturated rings. The van der Waals surface area contributed by atoms with Crippen molar-refractivity contribution in [3.8, 4) is 0 Å². The topological polar surface area (TPSA) is 92.4 Å². The van der Waals surface area contributed by atoms with Crippen molar-refractivity contribution < 1.29 is 14.7 Å². The van der Waals surface area contributed by atoms with E-state index in [1.807, 2.05) is 20.8 Å². The number of amides is 1. The van der Waals surface area contributed by atoms with Gasteiger partial charge in [0.05, 0.1) is 11.5 Å². The zero-order chi connectivity index (χ0) is 16.4. The number of aliphatic carboxylic acids is 1. The Hall–Kier alpha value is -1.88. The van der Waals surface area contributed by atoms with Gasteiger partial charge in [-0.05, 0) is 37.0 Å². The van der Waals surface area contributed by atoms with Gasteiger partial charge in [0.25, 0.3) is 0 Å². The fourth-order valence-corrected chi connectivity index (χ4v) is 1.71. The third-order valence-electron chi connectivity index (χ3n) is 3.62. The Labute approximate surface area is 125 Å². The molecule has 0 radical (unpaired) electrons. The molecule has 5 nitrogen and oxygen atoms in total. The number of carboxylic acids is 1. The molecular formula is C16H24N2O3. The predicted molar refractivity (Wildman–Crippen MR) is 83.2 cm³/mol. The fourth-order valence-electron chi connectivity index (χ4n) is 1.71. The predicted octanol–water partition coefficient (Wildman–Crippen LogP) is 2.36. The van der Waals surface area contributed by atoms with E-state index in [9.17, 15) is 14.7 Å². The van der Waals surface area contributed by atoms with Crippen LogP contribution in [0.25, 0.3) is 0 Å². The summed E-state index contributed by atoms with van der Waals surface area (Å²) in [7, 11) is 0. The van der Waals surface area contributed by atoms with Crippen molar-refractivity contribution in [2.75, 3.05) is 5.32 Å². The first kappa shape index (κ1) is 17.2. The first-order valence-corrected chi connectivity index (χ1v) is 6.86. The molecule has 21 heavy (non-hydrogen) atoms. The normalized spacial score (nSPS) is 13.6. The molecule has 1 aromatic rings. The number of hydrogen-bond acceptors (Lipinski definition) is 3. The van der Waals surface area contributed by atoms with E-state index in [1.54, 1.807) is 38.1 Å². The van der Waals surface area contributed by atoms with Gasteiger partial charge in [-0.25, -0.2) is 0 Å². The number of carbonyl (C=O) groups excluding carboxylic acids is 1. The van der Waals surface area contributed by atoms with Crippen molar-refractivity contribution in [3.63, 3.8) is 0 Å². The molecule has 0 saturated carbocycles. The first-order valence-electron chi connectivity index (χ1n) is 6.86. The summed E-state index contributed by atoms with van der Waals surface area (Å²) in [6, 6.07) is 6.16. The molecule has 1 aromatic carbocycles. The number of nitrogens with two attached hydrogens (primary N) is 1. The highest BCUT2D eigenvalue weighted by atomic mass is 16.4. The SMILES string of the molecule is CC(C)(C(=O)O)c1ccc(NC(=O)[C@H](N)C(C)(C)C)cc1. The second kappa shape index (κ2) is 5.85. The minimum absolute atomic E-state index is 0.257. The van der Waals surface area contributed by atoms with Crippen molar-refractivity contribution in [2.45, 2.75) is 46.1 Å². The largest absolute Gasteiger partial charge is 0.481 e. The van der Waals surface area contributed by atoms with E-state index < -0.39 is 17.4 Å². The van der Waals surface area contributed by atoms with E-state index in [-0.39, 0.29) is 11.3 Å². The highest BCUT2D eigenvalue weighted by molar-refractivity contribution is 5.95. The second-order valence-corrected chi connectivity index (χ2v) is 6.84. The summed E-state index contributed by atoms with van der Waals surface area (Å²) >= 11 is 0. The molecule has 0 aliphatic heterocycles. The Morgan fingerprint density at radius 2 is 1.57 bits per heavy atom. The quantitative estimate of drug-likeness (QED) is 0.794. The van der Waals surface area contributed by atoms with Gasteiger partial charge in [0.15, 0.2) is 0 Å². The molecule has 0 unspecified atom stereocenters. The third kappa shape index (κ3) is 4.04. The number of anilines is 1. The van der Waals surface area contributed by atoms with Gasteiger partial charge in [-0.15, -0.1) is 0 Å². The van der Waals surface area contributed by atoms with E-state index >= 15 is 0 Å². The van der Waals surface area contributed by atoms with Crippen LogP contribution in [0, 0.1) is 5.41 Å². The van der Waals surface area contributed by atoms with Crippen molar-refractivity contribution in [1.82, 2.24) is 0 Å². The number of carbonyl (C=O) groups is 2. The maximum atomic E-state index is 12.0. The standard InChI is InChI=1S/C16H24N2O3/c1-15(2,3)12(17)13(19)18-11-8-6-10(7-9-11)16(4,5)14(20)21/h6-9,12H,17H2,1-5H3,(H,18,19)(H,20,21)/t12-/m0/s1. The van der Waals surface area contributed by atoms with Gasteiger partial charge < -0.3 is 16.2 Å². The van der Waals surface area contributed by atoms with Gasteiger partial charge in [0.2, 0.25) is 5.91 Å². The summed E-state index contributed by atoms with van der Waals surface area (Å²) in [5, 5.41) is 11.9. The maximum Gasteiger partial charge on any atom is 0.313 e. The van der Waals surface area contributed by atoms with Crippen molar-refractivity contribution in [3.05, 3.63) is 29.8 Å². The lowest BCUT2D eigenvalue weighted by atomic mass is 9.85. The Kier molecular flexibility index (Phi) is 4.79. The van der Waals surface area contributed by atoms with Crippen molar-refractivity contribution >= 4 is 17.6 Å². The average Bonchev–Trinajstić information content (AvgIpc) is 2.37. The minimum atomic E-state index is -0.968. The van der Waals surface area contributed by atoms with Gasteiger partial charge in [-0.3, -0.25) is 9.59 Å². The minimum Gasteiger partial charge on any atom is -0.481 e. The van der Waals surface area contributed by atoms with E-state index in [0.717, 1.165) is 0 Å². The van der Waals surface area contributed by atoms with Crippen LogP contribution in [0.15, 0.2) is 24.3 Å². The summed E-state index contributed by atoms with van der Waals surface area (Å²) in [6.45, 7) is 8.97. The summed E-state index contributed by atoms with van der Waals surface area (Å²) in [5.41, 5.74) is 5.87. The molecule has 0 aromatic heterocycles. The Balaban J connectivity index is 2.85. The molecule has 0 spiro atoms. The zero-order valence-electron chi connectivity index (χ0n) is 13.2. The number of benzene rings is 1.